The standard InChI is InChI=1S/C20H20N4O5/c1-12(25)21-14-8-9-18(27-3)16(10-14)23-20(26)15-6-4-5-7-17(15)28-11-19-22-13(2)29-24-19/h4-10H,11H2,1-3H3,(H,21,25)(H,23,26). The highest BCUT2D eigenvalue weighted by Crippen LogP contribution is 2.29. The lowest BCUT2D eigenvalue weighted by Crippen LogP contribution is -2.15. The van der Waals surface area contributed by atoms with E-state index in [-0.39, 0.29) is 12.5 Å². The largest absolute Gasteiger partial charge is 0.495 e. The van der Waals surface area contributed by atoms with E-state index in [1.165, 1.54) is 14.0 Å². The van der Waals surface area contributed by atoms with Gasteiger partial charge in [0.1, 0.15) is 11.5 Å². The Morgan fingerprint density at radius 1 is 1.10 bits per heavy atom. The molecular weight excluding hydrogens is 376 g/mol. The molecule has 0 saturated carbocycles. The van der Waals surface area contributed by atoms with E-state index in [2.05, 4.69) is 20.8 Å². The molecule has 0 unspecified atom stereocenters. The average molecular weight is 396 g/mol. The van der Waals surface area contributed by atoms with Crippen molar-refractivity contribution in [3.8, 4) is 11.5 Å². The SMILES string of the molecule is COc1ccc(NC(C)=O)cc1NC(=O)c1ccccc1OCc1noc(C)n1. The van der Waals surface area contributed by atoms with Crippen LogP contribution in [0.1, 0.15) is 29.0 Å². The minimum Gasteiger partial charge on any atom is -0.495 e. The molecule has 0 atom stereocenters. The van der Waals surface area contributed by atoms with Crippen molar-refractivity contribution in [1.82, 2.24) is 10.1 Å². The van der Waals surface area contributed by atoms with E-state index in [1.54, 1.807) is 49.4 Å². The van der Waals surface area contributed by atoms with E-state index in [0.29, 0.717) is 40.2 Å². The predicted molar refractivity (Wildman–Crippen MR) is 105 cm³/mol. The number of anilines is 2. The van der Waals surface area contributed by atoms with Gasteiger partial charge in [-0.15, -0.1) is 0 Å². The second-order valence-electron chi connectivity index (χ2n) is 6.06. The summed E-state index contributed by atoms with van der Waals surface area (Å²) in [6, 6.07) is 11.7. The zero-order valence-electron chi connectivity index (χ0n) is 16.2. The van der Waals surface area contributed by atoms with E-state index in [4.69, 9.17) is 14.0 Å². The number of ether oxygens (including phenoxy) is 2. The fraction of sp³-hybridized carbons (Fsp3) is 0.200. The Bertz CT molecular complexity index is 1030. The number of amides is 2. The van der Waals surface area contributed by atoms with Crippen molar-refractivity contribution in [1.29, 1.82) is 0 Å². The van der Waals surface area contributed by atoms with Gasteiger partial charge in [0.25, 0.3) is 5.91 Å². The van der Waals surface area contributed by atoms with Crippen LogP contribution in [-0.2, 0) is 11.4 Å². The van der Waals surface area contributed by atoms with Gasteiger partial charge in [0.05, 0.1) is 18.4 Å². The molecule has 2 N–H and O–H groups in total. The van der Waals surface area contributed by atoms with Gasteiger partial charge in [-0.1, -0.05) is 17.3 Å². The van der Waals surface area contributed by atoms with Crippen molar-refractivity contribution < 1.29 is 23.6 Å². The summed E-state index contributed by atoms with van der Waals surface area (Å²) in [6.07, 6.45) is 0. The molecule has 3 aromatic rings. The maximum atomic E-state index is 12.9. The highest BCUT2D eigenvalue weighted by molar-refractivity contribution is 6.07. The van der Waals surface area contributed by atoms with Gasteiger partial charge in [-0.2, -0.15) is 4.98 Å². The number of carbonyl (C=O) groups is 2. The topological polar surface area (TPSA) is 116 Å². The first kappa shape index (κ1) is 19.9. The van der Waals surface area contributed by atoms with Crippen LogP contribution in [0.25, 0.3) is 0 Å². The Hall–Kier alpha value is -3.88. The molecule has 0 aliphatic heterocycles. The zero-order chi connectivity index (χ0) is 20.8. The Kier molecular flexibility index (Phi) is 6.08. The highest BCUT2D eigenvalue weighted by atomic mass is 16.5. The third-order valence-electron chi connectivity index (χ3n) is 3.83. The molecule has 9 nitrogen and oxygen atoms in total. The smallest absolute Gasteiger partial charge is 0.259 e. The van der Waals surface area contributed by atoms with Gasteiger partial charge in [-0.05, 0) is 30.3 Å². The lowest BCUT2D eigenvalue weighted by atomic mass is 10.1. The number of para-hydroxylation sites is 1. The summed E-state index contributed by atoms with van der Waals surface area (Å²) in [6.45, 7) is 3.14. The Labute approximate surface area is 167 Å². The molecule has 2 aromatic carbocycles. The van der Waals surface area contributed by atoms with Gasteiger partial charge in [0, 0.05) is 19.5 Å². The minimum atomic E-state index is -0.400. The number of aromatic nitrogens is 2. The molecule has 0 spiro atoms. The monoisotopic (exact) mass is 396 g/mol. The Balaban J connectivity index is 1.79. The van der Waals surface area contributed by atoms with Crippen molar-refractivity contribution in [2.24, 2.45) is 0 Å². The molecule has 0 aliphatic carbocycles. The maximum absolute atomic E-state index is 12.9. The molecule has 3 rings (SSSR count). The van der Waals surface area contributed by atoms with Crippen molar-refractivity contribution >= 4 is 23.2 Å². The molecule has 0 saturated heterocycles. The van der Waals surface area contributed by atoms with Crippen LogP contribution in [0.5, 0.6) is 11.5 Å². The molecule has 0 aliphatic rings. The van der Waals surface area contributed by atoms with Gasteiger partial charge >= 0.3 is 0 Å². The van der Waals surface area contributed by atoms with E-state index < -0.39 is 5.91 Å². The average Bonchev–Trinajstić information content (AvgIpc) is 3.11. The van der Waals surface area contributed by atoms with E-state index in [0.717, 1.165) is 0 Å². The maximum Gasteiger partial charge on any atom is 0.259 e. The molecule has 0 bridgehead atoms. The molecule has 0 fully saturated rings. The van der Waals surface area contributed by atoms with E-state index in [9.17, 15) is 9.59 Å². The number of carbonyl (C=O) groups excluding carboxylic acids is 2. The molecular formula is C20H20N4O5. The fourth-order valence-electron chi connectivity index (χ4n) is 2.60. The number of rotatable bonds is 7. The van der Waals surface area contributed by atoms with Crippen LogP contribution in [-0.4, -0.2) is 29.1 Å². The van der Waals surface area contributed by atoms with Crippen molar-refractivity contribution in [2.75, 3.05) is 17.7 Å². The van der Waals surface area contributed by atoms with Crippen LogP contribution in [0, 0.1) is 6.92 Å². The molecule has 150 valence electrons. The van der Waals surface area contributed by atoms with Crippen LogP contribution < -0.4 is 20.1 Å². The number of nitrogens with one attached hydrogen (secondary N) is 2. The predicted octanol–water partition coefficient (Wildman–Crippen LogP) is 3.18. The highest BCUT2D eigenvalue weighted by Gasteiger charge is 2.16. The van der Waals surface area contributed by atoms with E-state index in [1.807, 2.05) is 0 Å². The minimum absolute atomic E-state index is 0.0585. The molecule has 0 radical (unpaired) electrons. The van der Waals surface area contributed by atoms with Crippen molar-refractivity contribution in [3.05, 3.63) is 59.7 Å². The Morgan fingerprint density at radius 2 is 1.90 bits per heavy atom. The summed E-state index contributed by atoms with van der Waals surface area (Å²) in [5.41, 5.74) is 1.26. The van der Waals surface area contributed by atoms with Crippen molar-refractivity contribution in [2.45, 2.75) is 20.5 Å². The summed E-state index contributed by atoms with van der Waals surface area (Å²) in [5, 5.41) is 9.22. The molecule has 2 amide bonds. The number of aryl methyl sites for hydroxylation is 1. The Morgan fingerprint density at radius 3 is 2.59 bits per heavy atom. The van der Waals surface area contributed by atoms with Gasteiger partial charge in [0.2, 0.25) is 17.6 Å². The number of methoxy groups -OCH3 is 1. The van der Waals surface area contributed by atoms with Crippen LogP contribution >= 0.6 is 0 Å². The van der Waals surface area contributed by atoms with Crippen LogP contribution in [0.3, 0.4) is 0 Å². The zero-order valence-corrected chi connectivity index (χ0v) is 16.2. The van der Waals surface area contributed by atoms with Crippen LogP contribution in [0.2, 0.25) is 0 Å². The summed E-state index contributed by atoms with van der Waals surface area (Å²) < 4.78 is 15.9. The van der Waals surface area contributed by atoms with E-state index >= 15 is 0 Å². The first-order valence-electron chi connectivity index (χ1n) is 8.74. The van der Waals surface area contributed by atoms with Gasteiger partial charge < -0.3 is 24.6 Å². The molecule has 1 aromatic heterocycles. The number of hydrogen-bond donors (Lipinski definition) is 2. The summed E-state index contributed by atoms with van der Waals surface area (Å²) in [7, 11) is 1.49. The molecule has 1 heterocycles. The first-order chi connectivity index (χ1) is 14.0. The van der Waals surface area contributed by atoms with Crippen LogP contribution in [0.4, 0.5) is 11.4 Å². The lowest BCUT2D eigenvalue weighted by Gasteiger charge is -2.14. The lowest BCUT2D eigenvalue weighted by molar-refractivity contribution is -0.114. The quantitative estimate of drug-likeness (QED) is 0.630. The third kappa shape index (κ3) is 5.10. The fourth-order valence-corrected chi connectivity index (χ4v) is 2.60. The van der Waals surface area contributed by atoms with Gasteiger partial charge in [-0.3, -0.25) is 9.59 Å². The molecule has 29 heavy (non-hydrogen) atoms. The second-order valence-corrected chi connectivity index (χ2v) is 6.06. The van der Waals surface area contributed by atoms with Crippen molar-refractivity contribution in [3.63, 3.8) is 0 Å². The normalized spacial score (nSPS) is 10.3. The second kappa shape index (κ2) is 8.87. The summed E-state index contributed by atoms with van der Waals surface area (Å²) in [5.74, 6) is 1.01. The summed E-state index contributed by atoms with van der Waals surface area (Å²) in [4.78, 5) is 28.2. The third-order valence-corrected chi connectivity index (χ3v) is 3.83. The number of hydrogen-bond acceptors (Lipinski definition) is 7. The number of benzene rings is 2. The van der Waals surface area contributed by atoms with Crippen LogP contribution in [0.15, 0.2) is 47.0 Å². The number of nitrogens with zero attached hydrogens (tertiary/aromatic N) is 2. The molecule has 9 heteroatoms. The first-order valence-corrected chi connectivity index (χ1v) is 8.74. The van der Waals surface area contributed by atoms with Gasteiger partial charge in [-0.25, -0.2) is 0 Å². The summed E-state index contributed by atoms with van der Waals surface area (Å²) >= 11 is 0. The van der Waals surface area contributed by atoms with Gasteiger partial charge in [0.15, 0.2) is 6.61 Å².